The van der Waals surface area contributed by atoms with E-state index in [9.17, 15) is 9.59 Å². The highest BCUT2D eigenvalue weighted by Gasteiger charge is 2.31. The Labute approximate surface area is 164 Å². The normalized spacial score (nSPS) is 17.5. The van der Waals surface area contributed by atoms with Gasteiger partial charge in [-0.1, -0.05) is 51.1 Å². The Bertz CT molecular complexity index is 609. The summed E-state index contributed by atoms with van der Waals surface area (Å²) in [6.45, 7) is 12.6. The zero-order valence-corrected chi connectivity index (χ0v) is 17.4. The fourth-order valence-corrected chi connectivity index (χ4v) is 3.53. The monoisotopic (exact) mass is 373 g/mol. The predicted octanol–water partition coefficient (Wildman–Crippen LogP) is 4.06. The van der Waals surface area contributed by atoms with Crippen LogP contribution in [-0.4, -0.2) is 47.4 Å². The van der Waals surface area contributed by atoms with Crippen molar-refractivity contribution in [2.45, 2.75) is 59.5 Å². The molecule has 1 fully saturated rings. The second-order valence-electron chi connectivity index (χ2n) is 8.07. The second-order valence-corrected chi connectivity index (χ2v) is 8.07. The molecule has 2 rings (SSSR count). The van der Waals surface area contributed by atoms with Gasteiger partial charge in [-0.15, -0.1) is 0 Å². The van der Waals surface area contributed by atoms with Crippen LogP contribution in [0, 0.1) is 11.8 Å². The molecule has 1 aliphatic heterocycles. The van der Waals surface area contributed by atoms with Crippen LogP contribution in [-0.2, 0) is 4.79 Å². The highest BCUT2D eigenvalue weighted by atomic mass is 16.2. The van der Waals surface area contributed by atoms with Gasteiger partial charge in [-0.3, -0.25) is 4.79 Å². The maximum Gasteiger partial charge on any atom is 0.318 e. The number of likely N-dealkylation sites (tertiary alicyclic amines) is 1. The molecule has 1 aliphatic rings. The number of nitrogens with one attached hydrogen (secondary N) is 1. The Morgan fingerprint density at radius 1 is 1.15 bits per heavy atom. The number of carbonyl (C=O) groups is 2. The Kier molecular flexibility index (Phi) is 7.69. The predicted molar refractivity (Wildman–Crippen MR) is 109 cm³/mol. The van der Waals surface area contributed by atoms with E-state index in [1.807, 2.05) is 47.1 Å². The number of rotatable bonds is 6. The maximum absolute atomic E-state index is 13.2. The first-order valence-corrected chi connectivity index (χ1v) is 10.3. The largest absolute Gasteiger partial charge is 0.341 e. The number of piperidine rings is 1. The maximum atomic E-state index is 13.2. The van der Waals surface area contributed by atoms with Crippen molar-refractivity contribution in [1.82, 2.24) is 15.1 Å². The van der Waals surface area contributed by atoms with Gasteiger partial charge in [-0.2, -0.15) is 0 Å². The topological polar surface area (TPSA) is 52.7 Å². The summed E-state index contributed by atoms with van der Waals surface area (Å²) in [5.41, 5.74) is 0.836. The van der Waals surface area contributed by atoms with Crippen molar-refractivity contribution in [3.8, 4) is 0 Å². The van der Waals surface area contributed by atoms with Crippen LogP contribution in [0.2, 0.25) is 0 Å². The van der Waals surface area contributed by atoms with Gasteiger partial charge in [0.1, 0.15) is 6.04 Å². The molecule has 3 amide bonds. The van der Waals surface area contributed by atoms with E-state index in [1.165, 1.54) is 0 Å². The van der Waals surface area contributed by atoms with Gasteiger partial charge in [0.2, 0.25) is 5.91 Å². The Morgan fingerprint density at radius 2 is 1.74 bits per heavy atom. The van der Waals surface area contributed by atoms with Crippen LogP contribution < -0.4 is 5.32 Å². The summed E-state index contributed by atoms with van der Waals surface area (Å²) in [4.78, 5) is 30.0. The van der Waals surface area contributed by atoms with Crippen molar-refractivity contribution in [1.29, 1.82) is 0 Å². The molecule has 1 N–H and O–H groups in total. The van der Waals surface area contributed by atoms with Crippen LogP contribution in [0.1, 0.15) is 59.1 Å². The first-order chi connectivity index (χ1) is 12.8. The summed E-state index contributed by atoms with van der Waals surface area (Å²) >= 11 is 0. The molecule has 0 unspecified atom stereocenters. The summed E-state index contributed by atoms with van der Waals surface area (Å²) in [6, 6.07) is 8.87. The molecule has 0 spiro atoms. The first-order valence-electron chi connectivity index (χ1n) is 10.3. The van der Waals surface area contributed by atoms with Crippen molar-refractivity contribution >= 4 is 11.9 Å². The third kappa shape index (κ3) is 5.47. The lowest BCUT2D eigenvalue weighted by molar-refractivity contribution is -0.134. The lowest BCUT2D eigenvalue weighted by Gasteiger charge is -2.35. The van der Waals surface area contributed by atoms with Gasteiger partial charge in [0.15, 0.2) is 0 Å². The van der Waals surface area contributed by atoms with Gasteiger partial charge >= 0.3 is 6.03 Å². The van der Waals surface area contributed by atoms with Crippen LogP contribution in [0.15, 0.2) is 30.3 Å². The van der Waals surface area contributed by atoms with Gasteiger partial charge in [0.05, 0.1) is 0 Å². The highest BCUT2D eigenvalue weighted by molar-refractivity contribution is 5.88. The molecule has 0 aromatic heterocycles. The molecule has 0 radical (unpaired) electrons. The molecule has 5 nitrogen and oxygen atoms in total. The van der Waals surface area contributed by atoms with E-state index in [-0.39, 0.29) is 18.0 Å². The molecule has 0 saturated carbocycles. The molecule has 150 valence electrons. The molecular formula is C22H35N3O2. The number of nitrogens with zero attached hydrogens (tertiary/aromatic N) is 2. The minimum absolute atomic E-state index is 0.00490. The number of hydrogen-bond acceptors (Lipinski definition) is 2. The Balaban J connectivity index is 2.20. The van der Waals surface area contributed by atoms with Crippen molar-refractivity contribution in [3.63, 3.8) is 0 Å². The minimum atomic E-state index is -0.638. The van der Waals surface area contributed by atoms with E-state index < -0.39 is 6.04 Å². The number of amides is 3. The number of urea groups is 1. The molecule has 2 atom stereocenters. The lowest BCUT2D eigenvalue weighted by Crippen LogP contribution is -2.51. The molecule has 1 aromatic carbocycles. The Morgan fingerprint density at radius 3 is 2.26 bits per heavy atom. The van der Waals surface area contributed by atoms with E-state index in [4.69, 9.17) is 0 Å². The van der Waals surface area contributed by atoms with Crippen molar-refractivity contribution < 1.29 is 9.59 Å². The lowest BCUT2D eigenvalue weighted by atomic mass is 9.97. The summed E-state index contributed by atoms with van der Waals surface area (Å²) in [7, 11) is 0. The van der Waals surface area contributed by atoms with Crippen LogP contribution >= 0.6 is 0 Å². The van der Waals surface area contributed by atoms with Gasteiger partial charge in [-0.25, -0.2) is 4.79 Å². The van der Waals surface area contributed by atoms with Crippen LogP contribution in [0.25, 0.3) is 0 Å². The van der Waals surface area contributed by atoms with E-state index >= 15 is 0 Å². The Hall–Kier alpha value is -2.04. The zero-order valence-electron chi connectivity index (χ0n) is 17.4. The van der Waals surface area contributed by atoms with Gasteiger partial charge in [-0.05, 0) is 44.1 Å². The quantitative estimate of drug-likeness (QED) is 0.817. The summed E-state index contributed by atoms with van der Waals surface area (Å²) in [6.07, 6.45) is 2.04. The molecule has 27 heavy (non-hydrogen) atoms. The van der Waals surface area contributed by atoms with E-state index in [0.29, 0.717) is 18.4 Å². The van der Waals surface area contributed by atoms with Crippen LogP contribution in [0.3, 0.4) is 0 Å². The fourth-order valence-electron chi connectivity index (χ4n) is 3.53. The van der Waals surface area contributed by atoms with Crippen molar-refractivity contribution in [2.24, 2.45) is 11.8 Å². The average molecular weight is 374 g/mol. The smallest absolute Gasteiger partial charge is 0.318 e. The van der Waals surface area contributed by atoms with E-state index in [0.717, 1.165) is 31.5 Å². The van der Waals surface area contributed by atoms with Crippen LogP contribution in [0.5, 0.6) is 0 Å². The second kappa shape index (κ2) is 9.77. The molecule has 1 saturated heterocycles. The fraction of sp³-hybridized carbons (Fsp3) is 0.636. The summed E-state index contributed by atoms with van der Waals surface area (Å²) < 4.78 is 0. The standard InChI is InChI=1S/C22H35N3O2/c1-6-25(18(5)16(2)3)22(27)23-20(19-10-8-7-9-11-19)21(26)24-14-12-17(4)13-15-24/h7-11,16-18,20H,6,12-15H2,1-5H3,(H,23,27)/t18-,20-/m0/s1. The third-order valence-corrected chi connectivity index (χ3v) is 5.80. The zero-order chi connectivity index (χ0) is 20.0. The van der Waals surface area contributed by atoms with Crippen molar-refractivity contribution in [2.75, 3.05) is 19.6 Å². The number of hydrogen-bond donors (Lipinski definition) is 1. The summed E-state index contributed by atoms with van der Waals surface area (Å²) in [5.74, 6) is 1.00. The van der Waals surface area contributed by atoms with Gasteiger partial charge < -0.3 is 15.1 Å². The van der Waals surface area contributed by atoms with E-state index in [1.54, 1.807) is 0 Å². The molecule has 5 heteroatoms. The summed E-state index contributed by atoms with van der Waals surface area (Å²) in [5, 5.41) is 3.02. The van der Waals surface area contributed by atoms with Gasteiger partial charge in [0.25, 0.3) is 0 Å². The molecule has 1 aromatic rings. The SMILES string of the molecule is CCN(C(=O)N[C@H](C(=O)N1CCC(C)CC1)c1ccccc1)[C@@H](C)C(C)C. The highest BCUT2D eigenvalue weighted by Crippen LogP contribution is 2.22. The van der Waals surface area contributed by atoms with Crippen molar-refractivity contribution in [3.05, 3.63) is 35.9 Å². The first kappa shape index (κ1) is 21.3. The molecule has 1 heterocycles. The molecule has 0 aliphatic carbocycles. The third-order valence-electron chi connectivity index (χ3n) is 5.80. The van der Waals surface area contributed by atoms with Crippen LogP contribution in [0.4, 0.5) is 4.79 Å². The molecular weight excluding hydrogens is 338 g/mol. The average Bonchev–Trinajstić information content (AvgIpc) is 2.67. The van der Waals surface area contributed by atoms with E-state index in [2.05, 4.69) is 33.0 Å². The molecule has 0 bridgehead atoms. The number of carbonyl (C=O) groups excluding carboxylic acids is 2. The minimum Gasteiger partial charge on any atom is -0.341 e. The van der Waals surface area contributed by atoms with Gasteiger partial charge in [0, 0.05) is 25.7 Å². The number of benzene rings is 1.